The van der Waals surface area contributed by atoms with Crippen molar-refractivity contribution in [3.8, 4) is 17.2 Å². The van der Waals surface area contributed by atoms with Gasteiger partial charge in [0.25, 0.3) is 5.91 Å². The van der Waals surface area contributed by atoms with E-state index < -0.39 is 0 Å². The van der Waals surface area contributed by atoms with Crippen LogP contribution >= 0.6 is 15.9 Å². The molecule has 2 N–H and O–H groups in total. The topological polar surface area (TPSA) is 67.8 Å². The summed E-state index contributed by atoms with van der Waals surface area (Å²) < 4.78 is 10.8. The number of halogens is 1. The molecule has 0 radical (unpaired) electrons. The number of ether oxygens (including phenoxy) is 2. The van der Waals surface area contributed by atoms with Crippen molar-refractivity contribution in [1.29, 1.82) is 0 Å². The monoisotopic (exact) mass is 351 g/mol. The summed E-state index contributed by atoms with van der Waals surface area (Å²) in [6, 6.07) is 9.68. The summed E-state index contributed by atoms with van der Waals surface area (Å²) in [6.45, 7) is 0. The average Bonchev–Trinajstić information content (AvgIpc) is 2.49. The molecule has 2 aromatic carbocycles. The number of phenolic OH excluding ortho intramolecular Hbond substituents is 1. The largest absolute Gasteiger partial charge is 0.507 e. The van der Waals surface area contributed by atoms with Gasteiger partial charge in [0.1, 0.15) is 5.75 Å². The van der Waals surface area contributed by atoms with Gasteiger partial charge in [0, 0.05) is 17.3 Å². The molecule has 1 amide bonds. The molecule has 2 rings (SSSR count). The van der Waals surface area contributed by atoms with Crippen LogP contribution in [0.5, 0.6) is 17.2 Å². The van der Waals surface area contributed by atoms with E-state index in [1.807, 2.05) is 0 Å². The van der Waals surface area contributed by atoms with Gasteiger partial charge in [-0.2, -0.15) is 0 Å². The van der Waals surface area contributed by atoms with E-state index >= 15 is 0 Å². The van der Waals surface area contributed by atoms with E-state index in [9.17, 15) is 9.90 Å². The standard InChI is InChI=1S/C15H14BrNO4/c1-20-13-6-4-10(8-14(13)21-2)17-15(19)9-3-5-11(16)12(18)7-9/h3-8,18H,1-2H3,(H,17,19). The zero-order valence-electron chi connectivity index (χ0n) is 11.5. The lowest BCUT2D eigenvalue weighted by Crippen LogP contribution is -2.11. The summed E-state index contributed by atoms with van der Waals surface area (Å²) >= 11 is 3.17. The Hall–Kier alpha value is -2.21. The number of nitrogens with one attached hydrogen (secondary N) is 1. The molecule has 0 aliphatic heterocycles. The van der Waals surface area contributed by atoms with Gasteiger partial charge in [0.05, 0.1) is 18.7 Å². The summed E-state index contributed by atoms with van der Waals surface area (Å²) in [7, 11) is 3.07. The van der Waals surface area contributed by atoms with Crippen molar-refractivity contribution in [1.82, 2.24) is 0 Å². The van der Waals surface area contributed by atoms with E-state index in [1.165, 1.54) is 13.2 Å². The third-order valence-corrected chi connectivity index (χ3v) is 3.52. The van der Waals surface area contributed by atoms with E-state index in [4.69, 9.17) is 9.47 Å². The van der Waals surface area contributed by atoms with Crippen LogP contribution in [0.25, 0.3) is 0 Å². The Morgan fingerprint density at radius 3 is 2.43 bits per heavy atom. The molecule has 5 nitrogen and oxygen atoms in total. The fraction of sp³-hybridized carbons (Fsp3) is 0.133. The number of carbonyl (C=O) groups excluding carboxylic acids is 1. The quantitative estimate of drug-likeness (QED) is 0.885. The second-order valence-corrected chi connectivity index (χ2v) is 5.04. The third-order valence-electron chi connectivity index (χ3n) is 2.85. The second kappa shape index (κ2) is 6.49. The first-order valence-corrected chi connectivity index (χ1v) is 6.86. The Kier molecular flexibility index (Phi) is 4.70. The fourth-order valence-electron chi connectivity index (χ4n) is 1.77. The fourth-order valence-corrected chi connectivity index (χ4v) is 2.02. The van der Waals surface area contributed by atoms with Crippen LogP contribution in [-0.4, -0.2) is 25.2 Å². The highest BCUT2D eigenvalue weighted by Gasteiger charge is 2.10. The summed E-state index contributed by atoms with van der Waals surface area (Å²) in [6.07, 6.45) is 0. The molecule has 0 atom stereocenters. The second-order valence-electron chi connectivity index (χ2n) is 4.19. The maximum Gasteiger partial charge on any atom is 0.255 e. The van der Waals surface area contributed by atoms with Gasteiger partial charge in [-0.05, 0) is 46.3 Å². The first-order valence-electron chi connectivity index (χ1n) is 6.07. The number of anilines is 1. The van der Waals surface area contributed by atoms with Gasteiger partial charge in [0.15, 0.2) is 11.5 Å². The molecular formula is C15H14BrNO4. The number of amides is 1. The highest BCUT2D eigenvalue weighted by atomic mass is 79.9. The third kappa shape index (κ3) is 3.46. The van der Waals surface area contributed by atoms with Gasteiger partial charge in [-0.25, -0.2) is 0 Å². The molecule has 0 aliphatic carbocycles. The van der Waals surface area contributed by atoms with Crippen LogP contribution in [0, 0.1) is 0 Å². The summed E-state index contributed by atoms with van der Waals surface area (Å²) in [5.41, 5.74) is 0.922. The maximum atomic E-state index is 12.1. The highest BCUT2D eigenvalue weighted by Crippen LogP contribution is 2.30. The molecule has 21 heavy (non-hydrogen) atoms. The Morgan fingerprint density at radius 1 is 1.10 bits per heavy atom. The molecule has 0 aromatic heterocycles. The molecule has 0 heterocycles. The van der Waals surface area contributed by atoms with Gasteiger partial charge < -0.3 is 19.9 Å². The SMILES string of the molecule is COc1ccc(NC(=O)c2ccc(Br)c(O)c2)cc1OC. The van der Waals surface area contributed by atoms with Gasteiger partial charge in [0.2, 0.25) is 0 Å². The molecule has 2 aromatic rings. The van der Waals surface area contributed by atoms with Crippen molar-refractivity contribution in [3.63, 3.8) is 0 Å². The molecule has 0 spiro atoms. The molecule has 6 heteroatoms. The molecule has 0 saturated carbocycles. The minimum absolute atomic E-state index is 0.00922. The van der Waals surface area contributed by atoms with Crippen LogP contribution in [0.1, 0.15) is 10.4 Å². The molecule has 0 bridgehead atoms. The van der Waals surface area contributed by atoms with Crippen molar-refractivity contribution in [3.05, 3.63) is 46.4 Å². The number of methoxy groups -OCH3 is 2. The molecule has 0 fully saturated rings. The maximum absolute atomic E-state index is 12.1. The van der Waals surface area contributed by atoms with Crippen LogP contribution < -0.4 is 14.8 Å². The Labute approximate surface area is 130 Å². The smallest absolute Gasteiger partial charge is 0.255 e. The average molecular weight is 352 g/mol. The van der Waals surface area contributed by atoms with Crippen molar-refractivity contribution < 1.29 is 19.4 Å². The normalized spacial score (nSPS) is 10.0. The zero-order valence-corrected chi connectivity index (χ0v) is 13.1. The van der Waals surface area contributed by atoms with E-state index in [1.54, 1.807) is 37.4 Å². The van der Waals surface area contributed by atoms with E-state index in [0.29, 0.717) is 27.2 Å². The van der Waals surface area contributed by atoms with Crippen molar-refractivity contribution in [2.75, 3.05) is 19.5 Å². The minimum atomic E-state index is -0.329. The molecule has 110 valence electrons. The highest BCUT2D eigenvalue weighted by molar-refractivity contribution is 9.10. The van der Waals surface area contributed by atoms with Gasteiger partial charge in [-0.15, -0.1) is 0 Å². The number of rotatable bonds is 4. The van der Waals surface area contributed by atoms with Crippen LogP contribution in [0.15, 0.2) is 40.9 Å². The lowest BCUT2D eigenvalue weighted by molar-refractivity contribution is 0.102. The first kappa shape index (κ1) is 15.2. The Balaban J connectivity index is 2.21. The molecule has 0 unspecified atom stereocenters. The molecular weight excluding hydrogens is 338 g/mol. The van der Waals surface area contributed by atoms with Gasteiger partial charge in [-0.3, -0.25) is 4.79 Å². The summed E-state index contributed by atoms with van der Waals surface area (Å²) in [4.78, 5) is 12.1. The molecule has 0 saturated heterocycles. The van der Waals surface area contributed by atoms with E-state index in [0.717, 1.165) is 0 Å². The number of phenols is 1. The van der Waals surface area contributed by atoms with Gasteiger partial charge in [-0.1, -0.05) is 0 Å². The number of hydrogen-bond acceptors (Lipinski definition) is 4. The van der Waals surface area contributed by atoms with Crippen molar-refractivity contribution >= 4 is 27.5 Å². The van der Waals surface area contributed by atoms with Crippen LogP contribution in [-0.2, 0) is 0 Å². The van der Waals surface area contributed by atoms with Crippen LogP contribution in [0.3, 0.4) is 0 Å². The number of aromatic hydroxyl groups is 1. The Morgan fingerprint density at radius 2 is 1.81 bits per heavy atom. The van der Waals surface area contributed by atoms with E-state index in [-0.39, 0.29) is 11.7 Å². The number of carbonyl (C=O) groups is 1. The minimum Gasteiger partial charge on any atom is -0.507 e. The van der Waals surface area contributed by atoms with Gasteiger partial charge >= 0.3 is 0 Å². The lowest BCUT2D eigenvalue weighted by Gasteiger charge is -2.11. The number of hydrogen-bond donors (Lipinski definition) is 2. The molecule has 0 aliphatic rings. The predicted molar refractivity (Wildman–Crippen MR) is 83.3 cm³/mol. The zero-order chi connectivity index (χ0) is 15.4. The summed E-state index contributed by atoms with van der Waals surface area (Å²) in [5.74, 6) is 0.783. The van der Waals surface area contributed by atoms with Crippen LogP contribution in [0.2, 0.25) is 0 Å². The summed E-state index contributed by atoms with van der Waals surface area (Å²) in [5, 5.41) is 12.3. The van der Waals surface area contributed by atoms with Crippen molar-refractivity contribution in [2.24, 2.45) is 0 Å². The van der Waals surface area contributed by atoms with Crippen LogP contribution in [0.4, 0.5) is 5.69 Å². The predicted octanol–water partition coefficient (Wildman–Crippen LogP) is 3.42. The Bertz CT molecular complexity index is 673. The van der Waals surface area contributed by atoms with Crippen molar-refractivity contribution in [2.45, 2.75) is 0 Å². The number of benzene rings is 2. The first-order chi connectivity index (χ1) is 10.0. The lowest BCUT2D eigenvalue weighted by atomic mass is 10.2. The van der Waals surface area contributed by atoms with E-state index in [2.05, 4.69) is 21.2 Å².